The van der Waals surface area contributed by atoms with Crippen LogP contribution in [0.25, 0.3) is 0 Å². The fourth-order valence-corrected chi connectivity index (χ4v) is 3.87. The zero-order valence-corrected chi connectivity index (χ0v) is 22.3. The minimum Gasteiger partial charge on any atom is -0.458 e. The Morgan fingerprint density at radius 3 is 2.10 bits per heavy atom. The summed E-state index contributed by atoms with van der Waals surface area (Å²) in [4.78, 5) is 61.4. The van der Waals surface area contributed by atoms with Crippen molar-refractivity contribution in [2.24, 2.45) is 0 Å². The summed E-state index contributed by atoms with van der Waals surface area (Å²) >= 11 is 0. The number of carbonyl (C=O) groups excluding carboxylic acids is 3. The molecule has 0 spiro atoms. The molecule has 12 heteroatoms. The van der Waals surface area contributed by atoms with Crippen LogP contribution >= 0.6 is 0 Å². The quantitative estimate of drug-likeness (QED) is 0.233. The number of amides is 2. The van der Waals surface area contributed by atoms with Crippen molar-refractivity contribution in [3.05, 3.63) is 110 Å². The van der Waals surface area contributed by atoms with Crippen LogP contribution < -0.4 is 10.2 Å². The summed E-state index contributed by atoms with van der Waals surface area (Å²) in [6.07, 6.45) is 0.158. The van der Waals surface area contributed by atoms with Crippen LogP contribution in [0.5, 0.6) is 0 Å². The molecule has 0 bridgehead atoms. The summed E-state index contributed by atoms with van der Waals surface area (Å²) in [6, 6.07) is 16.9. The second-order valence-electron chi connectivity index (χ2n) is 9.85. The summed E-state index contributed by atoms with van der Waals surface area (Å²) in [5.74, 6) is -2.03. The summed E-state index contributed by atoms with van der Waals surface area (Å²) in [5, 5.41) is 25.2. The lowest BCUT2D eigenvalue weighted by atomic mass is 10.0. The molecule has 0 aliphatic rings. The summed E-state index contributed by atoms with van der Waals surface area (Å²) in [6.45, 7) is 5.14. The number of nitro groups is 2. The van der Waals surface area contributed by atoms with Gasteiger partial charge in [0.15, 0.2) is 0 Å². The highest BCUT2D eigenvalue weighted by atomic mass is 16.6. The molecule has 208 valence electrons. The molecule has 1 atom stereocenters. The van der Waals surface area contributed by atoms with Gasteiger partial charge in [0.2, 0.25) is 0 Å². The van der Waals surface area contributed by atoms with Crippen LogP contribution in [-0.4, -0.2) is 46.3 Å². The summed E-state index contributed by atoms with van der Waals surface area (Å²) in [5.41, 5.74) is -1.59. The van der Waals surface area contributed by atoms with Gasteiger partial charge < -0.3 is 15.0 Å². The maximum Gasteiger partial charge on any atom is 0.346 e. The number of hydrogen-bond donors (Lipinski definition) is 1. The topological polar surface area (TPSA) is 162 Å². The first kappa shape index (κ1) is 29.4. The van der Waals surface area contributed by atoms with Crippen LogP contribution in [0.2, 0.25) is 0 Å². The second kappa shape index (κ2) is 12.2. The van der Waals surface area contributed by atoms with Crippen molar-refractivity contribution in [1.29, 1.82) is 0 Å². The van der Waals surface area contributed by atoms with E-state index in [2.05, 4.69) is 5.32 Å². The number of nitro benzene ring substituents is 2. The molecule has 0 heterocycles. The lowest BCUT2D eigenvalue weighted by Crippen LogP contribution is -2.46. The summed E-state index contributed by atoms with van der Waals surface area (Å²) < 4.78 is 5.52. The van der Waals surface area contributed by atoms with Gasteiger partial charge in [-0.1, -0.05) is 42.5 Å². The molecule has 0 saturated carbocycles. The molecule has 0 aliphatic heterocycles. The number of benzene rings is 3. The molecule has 0 unspecified atom stereocenters. The number of ether oxygens (including phenoxy) is 1. The van der Waals surface area contributed by atoms with E-state index in [4.69, 9.17) is 4.74 Å². The molecule has 0 aromatic heterocycles. The Kier molecular flexibility index (Phi) is 8.94. The molecule has 40 heavy (non-hydrogen) atoms. The molecule has 3 aromatic rings. The second-order valence-corrected chi connectivity index (χ2v) is 9.85. The molecule has 12 nitrogen and oxygen atoms in total. The predicted octanol–water partition coefficient (Wildman–Crippen LogP) is 4.46. The Labute approximate surface area is 229 Å². The van der Waals surface area contributed by atoms with Crippen molar-refractivity contribution in [3.63, 3.8) is 0 Å². The molecule has 3 aromatic carbocycles. The number of esters is 1. The number of nitrogens with zero attached hydrogens (tertiary/aromatic N) is 3. The smallest absolute Gasteiger partial charge is 0.346 e. The van der Waals surface area contributed by atoms with E-state index in [1.54, 1.807) is 32.9 Å². The van der Waals surface area contributed by atoms with Gasteiger partial charge in [0.25, 0.3) is 11.8 Å². The van der Waals surface area contributed by atoms with Crippen LogP contribution in [-0.2, 0) is 16.0 Å². The highest BCUT2D eigenvalue weighted by molar-refractivity contribution is 6.11. The third kappa shape index (κ3) is 7.25. The van der Waals surface area contributed by atoms with Crippen molar-refractivity contribution in [2.45, 2.75) is 38.8 Å². The Bertz CT molecular complexity index is 1450. The van der Waals surface area contributed by atoms with E-state index in [-0.39, 0.29) is 23.2 Å². The van der Waals surface area contributed by atoms with Gasteiger partial charge in [0, 0.05) is 31.2 Å². The number of nitrogens with one attached hydrogen (secondary N) is 1. The van der Waals surface area contributed by atoms with Crippen molar-refractivity contribution in [1.82, 2.24) is 5.32 Å². The van der Waals surface area contributed by atoms with E-state index in [1.807, 2.05) is 30.3 Å². The number of anilines is 1. The highest BCUT2D eigenvalue weighted by Crippen LogP contribution is 2.29. The van der Waals surface area contributed by atoms with E-state index in [1.165, 1.54) is 19.2 Å². The van der Waals surface area contributed by atoms with Gasteiger partial charge in [-0.2, -0.15) is 0 Å². The molecular formula is C28H28N4O8. The van der Waals surface area contributed by atoms with E-state index in [0.717, 1.165) is 28.7 Å². The van der Waals surface area contributed by atoms with Gasteiger partial charge in [-0.3, -0.25) is 29.8 Å². The monoisotopic (exact) mass is 548 g/mol. The summed E-state index contributed by atoms with van der Waals surface area (Å²) in [7, 11) is 1.36. The number of carbonyl (C=O) groups is 3. The third-order valence-electron chi connectivity index (χ3n) is 5.71. The van der Waals surface area contributed by atoms with Gasteiger partial charge in [0.05, 0.1) is 21.1 Å². The van der Waals surface area contributed by atoms with Crippen LogP contribution in [0.15, 0.2) is 72.8 Å². The van der Waals surface area contributed by atoms with Crippen molar-refractivity contribution in [3.8, 4) is 0 Å². The molecule has 0 saturated heterocycles. The normalized spacial score (nSPS) is 11.7. The molecule has 2 amide bonds. The van der Waals surface area contributed by atoms with Crippen LogP contribution in [0.3, 0.4) is 0 Å². The zero-order chi connectivity index (χ0) is 29.6. The van der Waals surface area contributed by atoms with Crippen LogP contribution in [0.1, 0.15) is 47.1 Å². The number of rotatable bonds is 9. The van der Waals surface area contributed by atoms with Gasteiger partial charge in [0.1, 0.15) is 11.6 Å². The maximum absolute atomic E-state index is 13.4. The number of para-hydroxylation sites is 1. The molecule has 0 radical (unpaired) electrons. The first-order valence-electron chi connectivity index (χ1n) is 12.2. The Balaban J connectivity index is 1.92. The van der Waals surface area contributed by atoms with Gasteiger partial charge in [-0.05, 0) is 44.5 Å². The average molecular weight is 549 g/mol. The van der Waals surface area contributed by atoms with Gasteiger partial charge >= 0.3 is 17.3 Å². The molecule has 0 aliphatic carbocycles. The van der Waals surface area contributed by atoms with Crippen LogP contribution in [0, 0.1) is 20.2 Å². The first-order valence-corrected chi connectivity index (χ1v) is 12.2. The average Bonchev–Trinajstić information content (AvgIpc) is 2.91. The van der Waals surface area contributed by atoms with Crippen molar-refractivity contribution < 1.29 is 29.0 Å². The standard InChI is InChI=1S/C28H28N4O8/c1-28(2,3)40-27(35)21(16-18-10-6-5-7-11-18)29-25(33)20-12-8-9-13-22(20)30(4)26(34)19-14-15-23(31(36)37)24(17-19)32(38)39/h5-15,17,21H,16H2,1-4H3,(H,29,33)/t21-/m0/s1. The van der Waals surface area contributed by atoms with E-state index < -0.39 is 50.6 Å². The Morgan fingerprint density at radius 2 is 1.50 bits per heavy atom. The Morgan fingerprint density at radius 1 is 0.900 bits per heavy atom. The molecule has 3 rings (SSSR count). The first-order chi connectivity index (χ1) is 18.8. The molecule has 1 N–H and O–H groups in total. The lowest BCUT2D eigenvalue weighted by molar-refractivity contribution is -0.422. The zero-order valence-electron chi connectivity index (χ0n) is 22.3. The minimum atomic E-state index is -1.04. The lowest BCUT2D eigenvalue weighted by Gasteiger charge is -2.25. The van der Waals surface area contributed by atoms with Crippen molar-refractivity contribution in [2.75, 3.05) is 11.9 Å². The maximum atomic E-state index is 13.4. The third-order valence-corrected chi connectivity index (χ3v) is 5.71. The number of hydrogen-bond acceptors (Lipinski definition) is 8. The highest BCUT2D eigenvalue weighted by Gasteiger charge is 2.30. The SMILES string of the molecule is CN(C(=O)c1ccc([N+](=O)[O-])c([N+](=O)[O-])c1)c1ccccc1C(=O)N[C@@H](Cc1ccccc1)C(=O)OC(C)(C)C. The minimum absolute atomic E-state index is 0.0522. The fourth-order valence-electron chi connectivity index (χ4n) is 3.87. The van der Waals surface area contributed by atoms with Gasteiger partial charge in [-0.15, -0.1) is 0 Å². The van der Waals surface area contributed by atoms with Gasteiger partial charge in [-0.25, -0.2) is 4.79 Å². The van der Waals surface area contributed by atoms with E-state index in [0.29, 0.717) is 0 Å². The van der Waals surface area contributed by atoms with E-state index >= 15 is 0 Å². The van der Waals surface area contributed by atoms with E-state index in [9.17, 15) is 34.6 Å². The predicted molar refractivity (Wildman–Crippen MR) is 146 cm³/mol. The molecule has 0 fully saturated rings. The van der Waals surface area contributed by atoms with Crippen molar-refractivity contribution >= 4 is 34.8 Å². The fraction of sp³-hybridized carbons (Fsp3) is 0.250. The molecular weight excluding hydrogens is 520 g/mol. The van der Waals surface area contributed by atoms with Crippen LogP contribution in [0.4, 0.5) is 17.1 Å². The Hall–Kier alpha value is -5.13. The largest absolute Gasteiger partial charge is 0.458 e.